The predicted molar refractivity (Wildman–Crippen MR) is 91.8 cm³/mol. The molecule has 0 amide bonds. The summed E-state index contributed by atoms with van der Waals surface area (Å²) < 4.78 is 26.8. The molecule has 0 aliphatic carbocycles. The molecule has 0 radical (unpaired) electrons. The van der Waals surface area contributed by atoms with Gasteiger partial charge in [-0.25, -0.2) is 12.7 Å². The van der Waals surface area contributed by atoms with Gasteiger partial charge in [-0.1, -0.05) is 41.1 Å². The third-order valence-corrected chi connectivity index (χ3v) is 5.92. The lowest BCUT2D eigenvalue weighted by molar-refractivity contribution is 0.463. The fourth-order valence-corrected chi connectivity index (χ4v) is 3.58. The van der Waals surface area contributed by atoms with Gasteiger partial charge in [0.2, 0.25) is 10.0 Å². The summed E-state index contributed by atoms with van der Waals surface area (Å²) in [5.41, 5.74) is 0.980. The zero-order valence-corrected chi connectivity index (χ0v) is 15.2. The van der Waals surface area contributed by atoms with Crippen LogP contribution in [0.3, 0.4) is 0 Å². The molecule has 1 aromatic carbocycles. The molecule has 1 aromatic rings. The fraction of sp³-hybridized carbons (Fsp3) is 0.600. The number of nitrogens with zero attached hydrogens (tertiary/aromatic N) is 1. The minimum atomic E-state index is -3.18. The van der Waals surface area contributed by atoms with Crippen molar-refractivity contribution in [3.63, 3.8) is 0 Å². The Morgan fingerprint density at radius 1 is 1.19 bits per heavy atom. The maximum absolute atomic E-state index is 12.2. The van der Waals surface area contributed by atoms with Gasteiger partial charge < -0.3 is 5.32 Å². The monoisotopic (exact) mass is 376 g/mol. The molecule has 0 aromatic heterocycles. The van der Waals surface area contributed by atoms with Gasteiger partial charge in [0, 0.05) is 18.1 Å². The predicted octanol–water partition coefficient (Wildman–Crippen LogP) is 2.99. The SMILES string of the molecule is CCCNCCCCS(=O)(=O)N(C)Cc1ccccc1Br. The molecule has 21 heavy (non-hydrogen) atoms. The van der Waals surface area contributed by atoms with Crippen molar-refractivity contribution in [1.82, 2.24) is 9.62 Å². The van der Waals surface area contributed by atoms with Crippen LogP contribution < -0.4 is 5.32 Å². The number of rotatable bonds is 10. The quantitative estimate of drug-likeness (QED) is 0.638. The Bertz CT molecular complexity index is 520. The normalized spacial score (nSPS) is 12.0. The van der Waals surface area contributed by atoms with E-state index in [0.29, 0.717) is 13.0 Å². The first-order valence-corrected chi connectivity index (χ1v) is 9.75. The van der Waals surface area contributed by atoms with E-state index in [1.807, 2.05) is 24.3 Å². The van der Waals surface area contributed by atoms with Crippen molar-refractivity contribution in [2.75, 3.05) is 25.9 Å². The number of hydrogen-bond donors (Lipinski definition) is 1. The van der Waals surface area contributed by atoms with Gasteiger partial charge in [-0.15, -0.1) is 0 Å². The Labute approximate surface area is 137 Å². The summed E-state index contributed by atoms with van der Waals surface area (Å²) in [5.74, 6) is 0.210. The Morgan fingerprint density at radius 2 is 1.90 bits per heavy atom. The molecule has 120 valence electrons. The molecular formula is C15H25BrN2O2S. The largest absolute Gasteiger partial charge is 0.317 e. The minimum Gasteiger partial charge on any atom is -0.317 e. The topological polar surface area (TPSA) is 49.4 Å². The van der Waals surface area contributed by atoms with Crippen LogP contribution in [-0.2, 0) is 16.6 Å². The van der Waals surface area contributed by atoms with Crippen molar-refractivity contribution in [2.45, 2.75) is 32.7 Å². The summed E-state index contributed by atoms with van der Waals surface area (Å²) in [6.07, 6.45) is 2.69. The summed E-state index contributed by atoms with van der Waals surface area (Å²) in [6.45, 7) is 4.40. The number of unbranched alkanes of at least 4 members (excludes halogenated alkanes) is 1. The van der Waals surface area contributed by atoms with Crippen LogP contribution in [0.25, 0.3) is 0 Å². The van der Waals surface area contributed by atoms with E-state index in [9.17, 15) is 8.42 Å². The molecule has 0 bridgehead atoms. The van der Waals surface area contributed by atoms with Gasteiger partial charge in [-0.05, 0) is 44.0 Å². The molecule has 4 nitrogen and oxygen atoms in total. The lowest BCUT2D eigenvalue weighted by Crippen LogP contribution is -2.29. The Hall–Kier alpha value is -0.430. The van der Waals surface area contributed by atoms with Crippen LogP contribution in [0.2, 0.25) is 0 Å². The first-order chi connectivity index (χ1) is 9.97. The van der Waals surface area contributed by atoms with Crippen LogP contribution in [0.1, 0.15) is 31.7 Å². The molecule has 0 saturated carbocycles. The number of halogens is 1. The van der Waals surface area contributed by atoms with E-state index < -0.39 is 10.0 Å². The molecule has 1 N–H and O–H groups in total. The van der Waals surface area contributed by atoms with Crippen LogP contribution in [0, 0.1) is 0 Å². The summed E-state index contributed by atoms with van der Waals surface area (Å²) >= 11 is 3.45. The standard InChI is InChI=1S/C15H25BrN2O2S/c1-3-10-17-11-6-7-12-21(19,20)18(2)13-14-8-4-5-9-15(14)16/h4-5,8-9,17H,3,6-7,10-13H2,1-2H3. The van der Waals surface area contributed by atoms with E-state index in [0.717, 1.165) is 36.0 Å². The zero-order valence-electron chi connectivity index (χ0n) is 12.8. The van der Waals surface area contributed by atoms with E-state index in [-0.39, 0.29) is 5.75 Å². The maximum Gasteiger partial charge on any atom is 0.214 e. The van der Waals surface area contributed by atoms with Crippen LogP contribution in [0.4, 0.5) is 0 Å². The molecule has 6 heteroatoms. The van der Waals surface area contributed by atoms with Crippen LogP contribution >= 0.6 is 15.9 Å². The average molecular weight is 377 g/mol. The molecule has 0 unspecified atom stereocenters. The minimum absolute atomic E-state index is 0.210. The van der Waals surface area contributed by atoms with Crippen LogP contribution in [0.15, 0.2) is 28.7 Å². The highest BCUT2D eigenvalue weighted by molar-refractivity contribution is 9.10. The summed E-state index contributed by atoms with van der Waals surface area (Å²) in [6, 6.07) is 7.70. The third-order valence-electron chi connectivity index (χ3n) is 3.26. The molecule has 0 aliphatic heterocycles. The van der Waals surface area contributed by atoms with Gasteiger partial charge in [0.25, 0.3) is 0 Å². The van der Waals surface area contributed by atoms with Crippen molar-refractivity contribution >= 4 is 26.0 Å². The average Bonchev–Trinajstić information content (AvgIpc) is 2.45. The second-order valence-electron chi connectivity index (χ2n) is 5.12. The molecule has 0 atom stereocenters. The van der Waals surface area contributed by atoms with E-state index in [4.69, 9.17) is 0 Å². The van der Waals surface area contributed by atoms with Crippen molar-refractivity contribution in [2.24, 2.45) is 0 Å². The van der Waals surface area contributed by atoms with Crippen LogP contribution in [-0.4, -0.2) is 38.6 Å². The first-order valence-electron chi connectivity index (χ1n) is 7.35. The zero-order chi connectivity index (χ0) is 15.7. The van der Waals surface area contributed by atoms with Gasteiger partial charge in [0.05, 0.1) is 5.75 Å². The van der Waals surface area contributed by atoms with E-state index in [1.165, 1.54) is 4.31 Å². The lowest BCUT2D eigenvalue weighted by Gasteiger charge is -2.18. The van der Waals surface area contributed by atoms with E-state index in [2.05, 4.69) is 28.2 Å². The lowest BCUT2D eigenvalue weighted by atomic mass is 10.2. The molecule has 0 fully saturated rings. The van der Waals surface area contributed by atoms with Gasteiger partial charge in [0.1, 0.15) is 0 Å². The molecule has 0 spiro atoms. The molecule has 0 aliphatic rings. The molecule has 0 saturated heterocycles. The highest BCUT2D eigenvalue weighted by Crippen LogP contribution is 2.18. The molecule has 1 rings (SSSR count). The van der Waals surface area contributed by atoms with E-state index >= 15 is 0 Å². The Kier molecular flexibility index (Phi) is 8.48. The van der Waals surface area contributed by atoms with Crippen molar-refractivity contribution < 1.29 is 8.42 Å². The van der Waals surface area contributed by atoms with Gasteiger partial charge in [0.15, 0.2) is 0 Å². The molecule has 0 heterocycles. The Morgan fingerprint density at radius 3 is 2.57 bits per heavy atom. The van der Waals surface area contributed by atoms with Crippen LogP contribution in [0.5, 0.6) is 0 Å². The summed E-state index contributed by atoms with van der Waals surface area (Å²) in [7, 11) is -1.54. The number of sulfonamides is 1. The van der Waals surface area contributed by atoms with Gasteiger partial charge >= 0.3 is 0 Å². The number of benzene rings is 1. The Balaban J connectivity index is 2.41. The summed E-state index contributed by atoms with van der Waals surface area (Å²) in [4.78, 5) is 0. The number of nitrogens with one attached hydrogen (secondary N) is 1. The smallest absolute Gasteiger partial charge is 0.214 e. The fourth-order valence-electron chi connectivity index (χ4n) is 1.96. The maximum atomic E-state index is 12.2. The van der Waals surface area contributed by atoms with Crippen molar-refractivity contribution in [3.05, 3.63) is 34.3 Å². The van der Waals surface area contributed by atoms with Crippen molar-refractivity contribution in [3.8, 4) is 0 Å². The highest BCUT2D eigenvalue weighted by Gasteiger charge is 2.18. The highest BCUT2D eigenvalue weighted by atomic mass is 79.9. The third kappa shape index (κ3) is 6.91. The van der Waals surface area contributed by atoms with E-state index in [1.54, 1.807) is 7.05 Å². The van der Waals surface area contributed by atoms with Gasteiger partial charge in [-0.2, -0.15) is 0 Å². The second kappa shape index (κ2) is 9.56. The number of hydrogen-bond acceptors (Lipinski definition) is 3. The molecular weight excluding hydrogens is 352 g/mol. The summed E-state index contributed by atoms with van der Waals surface area (Å²) in [5, 5.41) is 3.28. The van der Waals surface area contributed by atoms with Crippen molar-refractivity contribution in [1.29, 1.82) is 0 Å². The first kappa shape index (κ1) is 18.6. The van der Waals surface area contributed by atoms with Gasteiger partial charge in [-0.3, -0.25) is 0 Å². The second-order valence-corrected chi connectivity index (χ2v) is 8.17.